The van der Waals surface area contributed by atoms with Gasteiger partial charge in [-0.1, -0.05) is 35.5 Å². The molecule has 166 valence electrons. The summed E-state index contributed by atoms with van der Waals surface area (Å²) in [6.07, 6.45) is 0. The summed E-state index contributed by atoms with van der Waals surface area (Å²) in [6, 6.07) is 16.8. The summed E-state index contributed by atoms with van der Waals surface area (Å²) in [6.45, 7) is 3.13. The van der Waals surface area contributed by atoms with E-state index in [0.29, 0.717) is 24.4 Å². The molecule has 1 aliphatic heterocycles. The van der Waals surface area contributed by atoms with Crippen LogP contribution in [0.25, 0.3) is 11.3 Å². The highest BCUT2D eigenvalue weighted by Crippen LogP contribution is 2.22. The summed E-state index contributed by atoms with van der Waals surface area (Å²) in [4.78, 5) is 31.7. The van der Waals surface area contributed by atoms with E-state index in [9.17, 15) is 14.0 Å². The molecule has 0 bridgehead atoms. The lowest BCUT2D eigenvalue weighted by atomic mass is 10.1. The number of nitrogens with zero attached hydrogens (tertiary/aromatic N) is 4. The van der Waals surface area contributed by atoms with Crippen molar-refractivity contribution in [3.05, 3.63) is 77.7 Å². The van der Waals surface area contributed by atoms with Crippen molar-refractivity contribution in [2.45, 2.75) is 6.54 Å². The number of carbonyl (C=O) groups is 2. The molecular weight excluding hydrogens is 411 g/mol. The van der Waals surface area contributed by atoms with Gasteiger partial charge in [0.05, 0.1) is 0 Å². The van der Waals surface area contributed by atoms with Crippen molar-refractivity contribution in [2.24, 2.45) is 0 Å². The molecule has 0 N–H and O–H groups in total. The lowest BCUT2D eigenvalue weighted by molar-refractivity contribution is -0.133. The Hall–Kier alpha value is -3.52. The highest BCUT2D eigenvalue weighted by atomic mass is 19.1. The van der Waals surface area contributed by atoms with E-state index in [1.165, 1.54) is 23.1 Å². The van der Waals surface area contributed by atoms with Gasteiger partial charge in [0.15, 0.2) is 11.5 Å². The second kappa shape index (κ2) is 9.74. The molecule has 1 aromatic heterocycles. The zero-order valence-electron chi connectivity index (χ0n) is 17.9. The molecule has 0 unspecified atom stereocenters. The van der Waals surface area contributed by atoms with Gasteiger partial charge in [-0.05, 0) is 36.9 Å². The summed E-state index contributed by atoms with van der Waals surface area (Å²) in [5, 5.41) is 3.92. The van der Waals surface area contributed by atoms with Crippen LogP contribution in [-0.4, -0.2) is 71.4 Å². The van der Waals surface area contributed by atoms with Crippen molar-refractivity contribution < 1.29 is 18.5 Å². The van der Waals surface area contributed by atoms with Crippen LogP contribution in [0, 0.1) is 5.82 Å². The standard InChI is InChI=1S/C24H25FN4O3/c1-27-11-13-28(14-12-27)23(30)17-29(16-18-5-3-2-4-6-18)24(31)21-15-22(32-26-21)19-7-9-20(25)10-8-19/h2-10,15H,11-14,16-17H2,1H3. The Labute approximate surface area is 186 Å². The van der Waals surface area contributed by atoms with Crippen LogP contribution in [0.2, 0.25) is 0 Å². The largest absolute Gasteiger partial charge is 0.355 e. The molecule has 0 saturated carbocycles. The Balaban J connectivity index is 1.53. The second-order valence-electron chi connectivity index (χ2n) is 7.91. The minimum atomic E-state index is -0.395. The van der Waals surface area contributed by atoms with Crippen LogP contribution in [0.15, 0.2) is 65.2 Å². The maximum Gasteiger partial charge on any atom is 0.276 e. The van der Waals surface area contributed by atoms with E-state index in [-0.39, 0.29) is 30.5 Å². The van der Waals surface area contributed by atoms with Crippen molar-refractivity contribution in [2.75, 3.05) is 39.8 Å². The Morgan fingerprint density at radius 3 is 2.41 bits per heavy atom. The molecule has 7 nitrogen and oxygen atoms in total. The normalized spacial score (nSPS) is 14.4. The number of aromatic nitrogens is 1. The van der Waals surface area contributed by atoms with E-state index in [1.54, 1.807) is 17.0 Å². The third kappa shape index (κ3) is 5.20. The van der Waals surface area contributed by atoms with E-state index < -0.39 is 5.91 Å². The Morgan fingerprint density at radius 2 is 1.72 bits per heavy atom. The molecule has 32 heavy (non-hydrogen) atoms. The summed E-state index contributed by atoms with van der Waals surface area (Å²) < 4.78 is 18.5. The van der Waals surface area contributed by atoms with Crippen LogP contribution in [0.5, 0.6) is 0 Å². The van der Waals surface area contributed by atoms with E-state index >= 15 is 0 Å². The monoisotopic (exact) mass is 436 g/mol. The number of halogens is 1. The second-order valence-corrected chi connectivity index (χ2v) is 7.91. The fourth-order valence-corrected chi connectivity index (χ4v) is 3.61. The first-order chi connectivity index (χ1) is 15.5. The number of piperazine rings is 1. The van der Waals surface area contributed by atoms with Gasteiger partial charge in [-0.25, -0.2) is 4.39 Å². The summed E-state index contributed by atoms with van der Waals surface area (Å²) in [7, 11) is 2.02. The lowest BCUT2D eigenvalue weighted by Gasteiger charge is -2.34. The molecule has 2 heterocycles. The first-order valence-electron chi connectivity index (χ1n) is 10.5. The zero-order valence-corrected chi connectivity index (χ0v) is 17.9. The van der Waals surface area contributed by atoms with Gasteiger partial charge in [0.1, 0.15) is 12.4 Å². The maximum absolute atomic E-state index is 13.3. The van der Waals surface area contributed by atoms with Crippen LogP contribution < -0.4 is 0 Å². The molecule has 0 radical (unpaired) electrons. The fraction of sp³-hybridized carbons (Fsp3) is 0.292. The fourth-order valence-electron chi connectivity index (χ4n) is 3.61. The van der Waals surface area contributed by atoms with Crippen LogP contribution in [0.1, 0.15) is 16.1 Å². The number of amides is 2. The molecular formula is C24H25FN4O3. The summed E-state index contributed by atoms with van der Waals surface area (Å²) >= 11 is 0. The number of hydrogen-bond acceptors (Lipinski definition) is 5. The number of rotatable bonds is 6. The Bertz CT molecular complexity index is 1060. The molecule has 3 aromatic rings. The topological polar surface area (TPSA) is 69.9 Å². The minimum Gasteiger partial charge on any atom is -0.355 e. The van der Waals surface area contributed by atoms with Gasteiger partial charge in [-0.15, -0.1) is 0 Å². The van der Waals surface area contributed by atoms with Gasteiger partial charge in [0, 0.05) is 44.4 Å². The third-order valence-corrected chi connectivity index (χ3v) is 5.54. The highest BCUT2D eigenvalue weighted by molar-refractivity contribution is 5.95. The molecule has 0 spiro atoms. The predicted octanol–water partition coefficient (Wildman–Crippen LogP) is 2.90. The van der Waals surface area contributed by atoms with Crippen molar-refractivity contribution in [3.63, 3.8) is 0 Å². The van der Waals surface area contributed by atoms with Gasteiger partial charge in [-0.2, -0.15) is 0 Å². The van der Waals surface area contributed by atoms with Crippen molar-refractivity contribution in [3.8, 4) is 11.3 Å². The maximum atomic E-state index is 13.3. The Morgan fingerprint density at radius 1 is 1.03 bits per heavy atom. The summed E-state index contributed by atoms with van der Waals surface area (Å²) in [5.41, 5.74) is 1.63. The van der Waals surface area contributed by atoms with Crippen molar-refractivity contribution >= 4 is 11.8 Å². The van der Waals surface area contributed by atoms with Crippen LogP contribution in [0.4, 0.5) is 4.39 Å². The average molecular weight is 436 g/mol. The first kappa shape index (κ1) is 21.7. The van der Waals surface area contributed by atoms with E-state index in [1.807, 2.05) is 37.4 Å². The number of hydrogen-bond donors (Lipinski definition) is 0. The zero-order chi connectivity index (χ0) is 22.5. The Kier molecular flexibility index (Phi) is 6.61. The van der Waals surface area contributed by atoms with Crippen LogP contribution in [-0.2, 0) is 11.3 Å². The quantitative estimate of drug-likeness (QED) is 0.594. The first-order valence-corrected chi connectivity index (χ1v) is 10.5. The molecule has 0 atom stereocenters. The average Bonchev–Trinajstić information content (AvgIpc) is 3.30. The molecule has 8 heteroatoms. The van der Waals surface area contributed by atoms with Gasteiger partial charge in [0.2, 0.25) is 5.91 Å². The number of carbonyl (C=O) groups excluding carboxylic acids is 2. The molecule has 1 aliphatic rings. The molecule has 0 aliphatic carbocycles. The van der Waals surface area contributed by atoms with Gasteiger partial charge in [0.25, 0.3) is 5.91 Å². The number of likely N-dealkylation sites (N-methyl/N-ethyl adjacent to an activating group) is 1. The predicted molar refractivity (Wildman–Crippen MR) is 117 cm³/mol. The van der Waals surface area contributed by atoms with Gasteiger partial charge >= 0.3 is 0 Å². The molecule has 1 saturated heterocycles. The molecule has 4 rings (SSSR count). The van der Waals surface area contributed by atoms with Crippen LogP contribution >= 0.6 is 0 Å². The summed E-state index contributed by atoms with van der Waals surface area (Å²) in [5.74, 6) is -0.488. The minimum absolute atomic E-state index is 0.0455. The number of benzene rings is 2. The van der Waals surface area contributed by atoms with E-state index in [4.69, 9.17) is 4.52 Å². The smallest absolute Gasteiger partial charge is 0.276 e. The molecule has 2 aromatic carbocycles. The SMILES string of the molecule is CN1CCN(C(=O)CN(Cc2ccccc2)C(=O)c2cc(-c3ccc(F)cc3)on2)CC1. The van der Waals surface area contributed by atoms with E-state index in [2.05, 4.69) is 10.1 Å². The highest BCUT2D eigenvalue weighted by Gasteiger charge is 2.26. The third-order valence-electron chi connectivity index (χ3n) is 5.54. The van der Waals surface area contributed by atoms with Gasteiger partial charge < -0.3 is 19.2 Å². The van der Waals surface area contributed by atoms with Crippen LogP contribution in [0.3, 0.4) is 0 Å². The van der Waals surface area contributed by atoms with Crippen molar-refractivity contribution in [1.29, 1.82) is 0 Å². The molecule has 2 amide bonds. The lowest BCUT2D eigenvalue weighted by Crippen LogP contribution is -2.50. The van der Waals surface area contributed by atoms with Crippen molar-refractivity contribution in [1.82, 2.24) is 19.9 Å². The van der Waals surface area contributed by atoms with Gasteiger partial charge in [-0.3, -0.25) is 9.59 Å². The molecule has 1 fully saturated rings. The van der Waals surface area contributed by atoms with E-state index in [0.717, 1.165) is 18.7 Å².